The van der Waals surface area contributed by atoms with E-state index in [1.54, 1.807) is 38.8 Å². The minimum Gasteiger partial charge on any atom is -0.493 e. The predicted molar refractivity (Wildman–Crippen MR) is 118 cm³/mol. The van der Waals surface area contributed by atoms with Crippen molar-refractivity contribution in [3.8, 4) is 22.9 Å². The third kappa shape index (κ3) is 4.87. The number of hydrazone groups is 1. The highest BCUT2D eigenvalue weighted by Crippen LogP contribution is 2.29. The summed E-state index contributed by atoms with van der Waals surface area (Å²) < 4.78 is 16.0. The Bertz CT molecular complexity index is 1160. The van der Waals surface area contributed by atoms with Crippen molar-refractivity contribution < 1.29 is 13.9 Å². The summed E-state index contributed by atoms with van der Waals surface area (Å²) in [5, 5.41) is 12.8. The SMILES string of the molecule is COc1ccc(Cc2nc(-c3ccccc3)nnc2NN=Cc2ccco2)cc1OC. The maximum absolute atomic E-state index is 5.42. The van der Waals surface area contributed by atoms with Crippen molar-refractivity contribution in [1.29, 1.82) is 0 Å². The van der Waals surface area contributed by atoms with Crippen LogP contribution >= 0.6 is 0 Å². The van der Waals surface area contributed by atoms with Crippen LogP contribution < -0.4 is 14.9 Å². The maximum atomic E-state index is 5.42. The van der Waals surface area contributed by atoms with E-state index in [0.29, 0.717) is 41.0 Å². The summed E-state index contributed by atoms with van der Waals surface area (Å²) in [5.41, 5.74) is 5.48. The van der Waals surface area contributed by atoms with Crippen molar-refractivity contribution in [2.45, 2.75) is 6.42 Å². The van der Waals surface area contributed by atoms with Crippen LogP contribution in [0.4, 0.5) is 5.82 Å². The molecule has 0 atom stereocenters. The van der Waals surface area contributed by atoms with Gasteiger partial charge in [-0.3, -0.25) is 5.43 Å². The van der Waals surface area contributed by atoms with Gasteiger partial charge in [-0.2, -0.15) is 5.10 Å². The van der Waals surface area contributed by atoms with E-state index in [4.69, 9.17) is 18.9 Å². The first kappa shape index (κ1) is 20.1. The van der Waals surface area contributed by atoms with Gasteiger partial charge in [-0.05, 0) is 29.8 Å². The van der Waals surface area contributed by atoms with Crippen LogP contribution in [0.2, 0.25) is 0 Å². The van der Waals surface area contributed by atoms with E-state index in [1.165, 1.54) is 0 Å². The smallest absolute Gasteiger partial charge is 0.191 e. The molecule has 0 aliphatic rings. The van der Waals surface area contributed by atoms with Gasteiger partial charge >= 0.3 is 0 Å². The zero-order chi connectivity index (χ0) is 21.5. The second kappa shape index (κ2) is 9.53. The fraction of sp³-hybridized carbons (Fsp3) is 0.130. The Labute approximate surface area is 179 Å². The zero-order valence-electron chi connectivity index (χ0n) is 17.1. The molecule has 2 aromatic carbocycles. The molecule has 0 saturated carbocycles. The van der Waals surface area contributed by atoms with E-state index in [9.17, 15) is 0 Å². The highest BCUT2D eigenvalue weighted by atomic mass is 16.5. The van der Waals surface area contributed by atoms with Crippen molar-refractivity contribution in [3.05, 3.63) is 83.9 Å². The fourth-order valence-corrected chi connectivity index (χ4v) is 2.98. The normalized spacial score (nSPS) is 10.9. The lowest BCUT2D eigenvalue weighted by atomic mass is 10.1. The Morgan fingerprint density at radius 2 is 1.81 bits per heavy atom. The zero-order valence-corrected chi connectivity index (χ0v) is 17.1. The largest absolute Gasteiger partial charge is 0.493 e. The molecule has 0 fully saturated rings. The number of aromatic nitrogens is 3. The Morgan fingerprint density at radius 1 is 0.968 bits per heavy atom. The molecule has 4 rings (SSSR count). The molecule has 1 N–H and O–H groups in total. The van der Waals surface area contributed by atoms with E-state index in [-0.39, 0.29) is 0 Å². The average Bonchev–Trinajstić information content (AvgIpc) is 3.34. The van der Waals surface area contributed by atoms with Crippen LogP contribution in [-0.4, -0.2) is 35.6 Å². The predicted octanol–water partition coefficient (Wildman–Crippen LogP) is 4.19. The number of hydrogen-bond acceptors (Lipinski definition) is 8. The molecule has 0 radical (unpaired) electrons. The van der Waals surface area contributed by atoms with Crippen LogP contribution in [0, 0.1) is 0 Å². The van der Waals surface area contributed by atoms with Gasteiger partial charge in [0.1, 0.15) is 5.76 Å². The van der Waals surface area contributed by atoms with Crippen LogP contribution in [-0.2, 0) is 6.42 Å². The average molecular weight is 415 g/mol. The highest BCUT2D eigenvalue weighted by molar-refractivity contribution is 5.76. The summed E-state index contributed by atoms with van der Waals surface area (Å²) in [7, 11) is 3.22. The molecule has 0 aliphatic carbocycles. The second-order valence-corrected chi connectivity index (χ2v) is 6.55. The molecule has 0 unspecified atom stereocenters. The number of nitrogens with zero attached hydrogens (tertiary/aromatic N) is 4. The molecular weight excluding hydrogens is 394 g/mol. The lowest BCUT2D eigenvalue weighted by Gasteiger charge is -2.11. The first-order chi connectivity index (χ1) is 15.3. The van der Waals surface area contributed by atoms with Gasteiger partial charge in [0.15, 0.2) is 23.1 Å². The summed E-state index contributed by atoms with van der Waals surface area (Å²) in [4.78, 5) is 4.75. The van der Waals surface area contributed by atoms with Gasteiger partial charge in [-0.25, -0.2) is 4.98 Å². The number of ether oxygens (including phenoxy) is 2. The first-order valence-corrected chi connectivity index (χ1v) is 9.59. The van der Waals surface area contributed by atoms with Crippen LogP contribution in [0.1, 0.15) is 17.0 Å². The molecule has 0 saturated heterocycles. The Hall–Kier alpha value is -4.20. The van der Waals surface area contributed by atoms with Crippen molar-refractivity contribution in [2.75, 3.05) is 19.6 Å². The van der Waals surface area contributed by atoms with E-state index >= 15 is 0 Å². The lowest BCUT2D eigenvalue weighted by Crippen LogP contribution is -2.07. The minimum atomic E-state index is 0.456. The van der Waals surface area contributed by atoms with Crippen molar-refractivity contribution in [1.82, 2.24) is 15.2 Å². The summed E-state index contributed by atoms with van der Waals surface area (Å²) in [6.07, 6.45) is 3.64. The quantitative estimate of drug-likeness (QED) is 0.341. The molecule has 0 aliphatic heterocycles. The molecule has 0 bridgehead atoms. The number of furan rings is 1. The van der Waals surface area contributed by atoms with Crippen LogP contribution in [0.5, 0.6) is 11.5 Å². The third-order valence-electron chi connectivity index (χ3n) is 4.52. The fourth-order valence-electron chi connectivity index (χ4n) is 2.98. The lowest BCUT2D eigenvalue weighted by molar-refractivity contribution is 0.354. The van der Waals surface area contributed by atoms with Gasteiger partial charge in [0.25, 0.3) is 0 Å². The minimum absolute atomic E-state index is 0.456. The third-order valence-corrected chi connectivity index (χ3v) is 4.52. The summed E-state index contributed by atoms with van der Waals surface area (Å²) in [5.74, 6) is 2.93. The van der Waals surface area contributed by atoms with E-state index in [1.807, 2.05) is 48.5 Å². The van der Waals surface area contributed by atoms with Crippen LogP contribution in [0.25, 0.3) is 11.4 Å². The van der Waals surface area contributed by atoms with Crippen molar-refractivity contribution in [3.63, 3.8) is 0 Å². The number of anilines is 1. The van der Waals surface area contributed by atoms with Gasteiger partial charge < -0.3 is 13.9 Å². The summed E-state index contributed by atoms with van der Waals surface area (Å²) >= 11 is 0. The monoisotopic (exact) mass is 415 g/mol. The van der Waals surface area contributed by atoms with Gasteiger partial charge in [-0.1, -0.05) is 36.4 Å². The van der Waals surface area contributed by atoms with Gasteiger partial charge in [0.05, 0.1) is 32.4 Å². The van der Waals surface area contributed by atoms with E-state index < -0.39 is 0 Å². The van der Waals surface area contributed by atoms with Gasteiger partial charge in [0.2, 0.25) is 0 Å². The van der Waals surface area contributed by atoms with E-state index in [2.05, 4.69) is 20.7 Å². The van der Waals surface area contributed by atoms with E-state index in [0.717, 1.165) is 11.1 Å². The molecule has 8 nitrogen and oxygen atoms in total. The van der Waals surface area contributed by atoms with Crippen LogP contribution in [0.15, 0.2) is 76.4 Å². The molecular formula is C23H21N5O3. The molecule has 0 spiro atoms. The number of rotatable bonds is 8. The maximum Gasteiger partial charge on any atom is 0.191 e. The molecule has 2 heterocycles. The molecule has 0 amide bonds. The summed E-state index contributed by atoms with van der Waals surface area (Å²) in [6.45, 7) is 0. The van der Waals surface area contributed by atoms with Crippen molar-refractivity contribution >= 4 is 12.0 Å². The molecule has 2 aromatic heterocycles. The number of methoxy groups -OCH3 is 2. The Kier molecular flexibility index (Phi) is 6.18. The summed E-state index contributed by atoms with van der Waals surface area (Å²) in [6, 6.07) is 19.0. The molecule has 31 heavy (non-hydrogen) atoms. The van der Waals surface area contributed by atoms with Crippen molar-refractivity contribution in [2.24, 2.45) is 5.10 Å². The van der Waals surface area contributed by atoms with Crippen LogP contribution in [0.3, 0.4) is 0 Å². The second-order valence-electron chi connectivity index (χ2n) is 6.55. The number of benzene rings is 2. The van der Waals surface area contributed by atoms with Gasteiger partial charge in [-0.15, -0.1) is 10.2 Å². The highest BCUT2D eigenvalue weighted by Gasteiger charge is 2.13. The first-order valence-electron chi connectivity index (χ1n) is 9.59. The molecule has 4 aromatic rings. The Morgan fingerprint density at radius 3 is 2.55 bits per heavy atom. The molecule has 156 valence electrons. The van der Waals surface area contributed by atoms with Gasteiger partial charge in [0, 0.05) is 12.0 Å². The standard InChI is InChI=1S/C23H21N5O3/c1-29-20-11-10-16(14-21(20)30-2)13-19-23(26-24-15-18-9-6-12-31-18)28-27-22(25-19)17-7-4-3-5-8-17/h3-12,14-15H,13H2,1-2H3,(H,26,28). The number of hydrogen-bond donors (Lipinski definition) is 1. The Balaban J connectivity index is 1.66. The topological polar surface area (TPSA) is 94.7 Å². The number of nitrogens with one attached hydrogen (secondary N) is 1. The molecule has 8 heteroatoms.